The first-order valence-electron chi connectivity index (χ1n) is 5.74. The van der Waals surface area contributed by atoms with E-state index in [1.165, 1.54) is 6.33 Å². The fourth-order valence-corrected chi connectivity index (χ4v) is 1.76. The van der Waals surface area contributed by atoms with Crippen molar-refractivity contribution in [3.8, 4) is 0 Å². The van der Waals surface area contributed by atoms with Gasteiger partial charge in [-0.15, -0.1) is 0 Å². The number of aliphatic hydroxyl groups is 1. The molecule has 1 unspecified atom stereocenters. The predicted molar refractivity (Wildman–Crippen MR) is 65.6 cm³/mol. The molecule has 0 saturated carbocycles. The van der Waals surface area contributed by atoms with Gasteiger partial charge in [-0.2, -0.15) is 0 Å². The Morgan fingerprint density at radius 1 is 1.35 bits per heavy atom. The molecule has 6 heteroatoms. The Morgan fingerprint density at radius 3 is 2.88 bits per heavy atom. The van der Waals surface area contributed by atoms with Crippen molar-refractivity contribution in [1.82, 2.24) is 19.9 Å². The molecule has 17 heavy (non-hydrogen) atoms. The summed E-state index contributed by atoms with van der Waals surface area (Å²) in [4.78, 5) is 15.4. The van der Waals surface area contributed by atoms with Gasteiger partial charge in [0.1, 0.15) is 11.8 Å². The average Bonchev–Trinajstić information content (AvgIpc) is 2.77. The minimum absolute atomic E-state index is 0.160. The Morgan fingerprint density at radius 2 is 2.18 bits per heavy atom. The van der Waals surface area contributed by atoms with Gasteiger partial charge < -0.3 is 15.4 Å². The third-order valence-corrected chi connectivity index (χ3v) is 2.79. The lowest BCUT2D eigenvalue weighted by molar-refractivity contribution is 0.267. The van der Waals surface area contributed by atoms with Crippen LogP contribution >= 0.6 is 0 Å². The maximum Gasteiger partial charge on any atom is 0.182 e. The van der Waals surface area contributed by atoms with Gasteiger partial charge in [0.2, 0.25) is 0 Å². The SMILES string of the molecule is CC(C)C(CCO)Nc1ncnc2nc[nH]c12. The summed E-state index contributed by atoms with van der Waals surface area (Å²) < 4.78 is 0. The minimum Gasteiger partial charge on any atom is -0.396 e. The number of aliphatic hydroxyl groups excluding tert-OH is 1. The molecule has 0 radical (unpaired) electrons. The number of nitrogens with one attached hydrogen (secondary N) is 2. The summed E-state index contributed by atoms with van der Waals surface area (Å²) in [6, 6.07) is 0.182. The van der Waals surface area contributed by atoms with Crippen molar-refractivity contribution in [2.24, 2.45) is 5.92 Å². The van der Waals surface area contributed by atoms with Crippen LogP contribution in [0.1, 0.15) is 20.3 Å². The number of hydrogen-bond acceptors (Lipinski definition) is 5. The summed E-state index contributed by atoms with van der Waals surface area (Å²) in [5.74, 6) is 1.15. The number of imidazole rings is 1. The van der Waals surface area contributed by atoms with Crippen LogP contribution in [0.25, 0.3) is 11.2 Å². The molecule has 2 aromatic heterocycles. The van der Waals surface area contributed by atoms with Gasteiger partial charge in [-0.1, -0.05) is 13.8 Å². The summed E-state index contributed by atoms with van der Waals surface area (Å²) in [6.07, 6.45) is 3.78. The predicted octanol–water partition coefficient (Wildman–Crippen LogP) is 1.17. The third-order valence-electron chi connectivity index (χ3n) is 2.79. The molecule has 0 bridgehead atoms. The molecule has 6 nitrogen and oxygen atoms in total. The van der Waals surface area contributed by atoms with Crippen LogP contribution in [0.2, 0.25) is 0 Å². The molecular weight excluding hydrogens is 218 g/mol. The second-order valence-corrected chi connectivity index (χ2v) is 4.33. The van der Waals surface area contributed by atoms with Crippen LogP contribution in [0.5, 0.6) is 0 Å². The van der Waals surface area contributed by atoms with Crippen LogP contribution in [-0.2, 0) is 0 Å². The fourth-order valence-electron chi connectivity index (χ4n) is 1.76. The largest absolute Gasteiger partial charge is 0.396 e. The highest BCUT2D eigenvalue weighted by Crippen LogP contribution is 2.18. The minimum atomic E-state index is 0.160. The van der Waals surface area contributed by atoms with E-state index in [1.54, 1.807) is 6.33 Å². The lowest BCUT2D eigenvalue weighted by Crippen LogP contribution is -2.27. The molecule has 92 valence electrons. The zero-order chi connectivity index (χ0) is 12.3. The number of fused-ring (bicyclic) bond motifs is 1. The van der Waals surface area contributed by atoms with E-state index >= 15 is 0 Å². The molecule has 0 spiro atoms. The summed E-state index contributed by atoms with van der Waals surface area (Å²) >= 11 is 0. The number of nitrogens with zero attached hydrogens (tertiary/aromatic N) is 3. The molecule has 0 aliphatic rings. The van der Waals surface area contributed by atoms with Crippen molar-refractivity contribution in [3.05, 3.63) is 12.7 Å². The highest BCUT2D eigenvalue weighted by Gasteiger charge is 2.15. The van der Waals surface area contributed by atoms with Crippen LogP contribution in [0.3, 0.4) is 0 Å². The first kappa shape index (κ1) is 11.8. The molecule has 0 aromatic carbocycles. The zero-order valence-corrected chi connectivity index (χ0v) is 10.0. The smallest absolute Gasteiger partial charge is 0.182 e. The van der Waals surface area contributed by atoms with Crippen LogP contribution in [0, 0.1) is 5.92 Å². The van der Waals surface area contributed by atoms with E-state index < -0.39 is 0 Å². The van der Waals surface area contributed by atoms with Crippen LogP contribution in [-0.4, -0.2) is 37.7 Å². The van der Waals surface area contributed by atoms with Crippen LogP contribution in [0.15, 0.2) is 12.7 Å². The van der Waals surface area contributed by atoms with E-state index in [1.807, 2.05) is 0 Å². The summed E-state index contributed by atoms with van der Waals surface area (Å²) in [5.41, 5.74) is 1.45. The van der Waals surface area contributed by atoms with Gasteiger partial charge in [-0.3, -0.25) is 0 Å². The monoisotopic (exact) mass is 235 g/mol. The molecule has 3 N–H and O–H groups in total. The van der Waals surface area contributed by atoms with Gasteiger partial charge >= 0.3 is 0 Å². The maximum absolute atomic E-state index is 9.04. The van der Waals surface area contributed by atoms with Crippen molar-refractivity contribution < 1.29 is 5.11 Å². The van der Waals surface area contributed by atoms with Crippen LogP contribution in [0.4, 0.5) is 5.82 Å². The fraction of sp³-hybridized carbons (Fsp3) is 0.545. The second kappa shape index (κ2) is 5.09. The van der Waals surface area contributed by atoms with E-state index in [-0.39, 0.29) is 12.6 Å². The highest BCUT2D eigenvalue weighted by atomic mass is 16.3. The molecule has 2 rings (SSSR count). The average molecular weight is 235 g/mol. The molecule has 2 aromatic rings. The quantitative estimate of drug-likeness (QED) is 0.724. The number of anilines is 1. The van der Waals surface area contributed by atoms with Gasteiger partial charge in [0.25, 0.3) is 0 Å². The topological polar surface area (TPSA) is 86.7 Å². The van der Waals surface area contributed by atoms with Crippen molar-refractivity contribution in [2.75, 3.05) is 11.9 Å². The van der Waals surface area contributed by atoms with Gasteiger partial charge in [0.15, 0.2) is 11.5 Å². The Kier molecular flexibility index (Phi) is 3.53. The lowest BCUT2D eigenvalue weighted by Gasteiger charge is -2.22. The number of aromatic nitrogens is 4. The van der Waals surface area contributed by atoms with Crippen molar-refractivity contribution in [3.63, 3.8) is 0 Å². The first-order valence-corrected chi connectivity index (χ1v) is 5.74. The molecule has 0 aliphatic heterocycles. The standard InChI is InChI=1S/C11H17N5O/c1-7(2)8(3-4-17)16-11-9-10(13-5-12-9)14-6-15-11/h5-8,17H,3-4H2,1-2H3,(H2,12,13,14,15,16). The number of rotatable bonds is 5. The molecule has 1 atom stereocenters. The molecule has 0 saturated heterocycles. The molecule has 0 aliphatic carbocycles. The van der Waals surface area contributed by atoms with E-state index in [2.05, 4.69) is 39.1 Å². The summed E-state index contributed by atoms with van der Waals surface area (Å²) in [7, 11) is 0. The third kappa shape index (κ3) is 2.52. The number of H-pyrrole nitrogens is 1. The molecule has 2 heterocycles. The van der Waals surface area contributed by atoms with Crippen molar-refractivity contribution in [1.29, 1.82) is 0 Å². The zero-order valence-electron chi connectivity index (χ0n) is 10.0. The van der Waals surface area contributed by atoms with E-state index in [0.29, 0.717) is 18.0 Å². The van der Waals surface area contributed by atoms with E-state index in [9.17, 15) is 0 Å². The highest BCUT2D eigenvalue weighted by molar-refractivity contribution is 5.82. The molecule has 0 fully saturated rings. The Bertz CT molecular complexity index is 481. The Labute approximate surface area is 99.5 Å². The van der Waals surface area contributed by atoms with Crippen molar-refractivity contribution >= 4 is 17.0 Å². The van der Waals surface area contributed by atoms with Crippen molar-refractivity contribution in [2.45, 2.75) is 26.3 Å². The van der Waals surface area contributed by atoms with Gasteiger partial charge in [-0.05, 0) is 12.3 Å². The normalized spacial score (nSPS) is 13.2. The van der Waals surface area contributed by atoms with Gasteiger partial charge in [-0.25, -0.2) is 15.0 Å². The van der Waals surface area contributed by atoms with Crippen LogP contribution < -0.4 is 5.32 Å². The summed E-state index contributed by atoms with van der Waals surface area (Å²) in [5, 5.41) is 12.4. The van der Waals surface area contributed by atoms with E-state index in [4.69, 9.17) is 5.11 Å². The second-order valence-electron chi connectivity index (χ2n) is 4.33. The van der Waals surface area contributed by atoms with Gasteiger partial charge in [0.05, 0.1) is 6.33 Å². The Balaban J connectivity index is 2.24. The molecular formula is C11H17N5O. The number of aromatic amines is 1. The molecule has 0 amide bonds. The number of hydrogen-bond donors (Lipinski definition) is 3. The Hall–Kier alpha value is -1.69. The van der Waals surface area contributed by atoms with E-state index in [0.717, 1.165) is 11.3 Å². The maximum atomic E-state index is 9.04. The first-order chi connectivity index (χ1) is 8.22. The van der Waals surface area contributed by atoms with Gasteiger partial charge in [0, 0.05) is 12.6 Å². The lowest BCUT2D eigenvalue weighted by atomic mass is 10.0. The summed E-state index contributed by atoms with van der Waals surface area (Å²) in [6.45, 7) is 4.38.